The number of nitrogens with one attached hydrogen (secondary N) is 2. The molecule has 7 heteroatoms. The van der Waals surface area contributed by atoms with Gasteiger partial charge in [0.15, 0.2) is 5.11 Å². The summed E-state index contributed by atoms with van der Waals surface area (Å²) < 4.78 is 38.2. The van der Waals surface area contributed by atoms with Crippen LogP contribution in [0.15, 0.2) is 36.4 Å². The number of hydrogen-bond acceptors (Lipinski definition) is 1. The van der Waals surface area contributed by atoms with E-state index >= 15 is 0 Å². The molecule has 0 saturated heterocycles. The second kappa shape index (κ2) is 4.63. The molecule has 2 aromatic carbocycles. The quantitative estimate of drug-likeness (QED) is 0.596. The fraction of sp³-hybridized carbons (Fsp3) is 0.0714. The summed E-state index contributed by atoms with van der Waals surface area (Å²) in [6.45, 7) is 0. The molecule has 3 rings (SSSR count). The molecule has 0 radical (unpaired) electrons. The lowest BCUT2D eigenvalue weighted by Gasteiger charge is -2.05. The van der Waals surface area contributed by atoms with Gasteiger partial charge in [0.2, 0.25) is 0 Å². The molecule has 3 nitrogen and oxygen atoms in total. The summed E-state index contributed by atoms with van der Waals surface area (Å²) in [6.07, 6.45) is -4.36. The Labute approximate surface area is 122 Å². The first kappa shape index (κ1) is 13.7. The smallest absolute Gasteiger partial charge is 0.376 e. The van der Waals surface area contributed by atoms with Gasteiger partial charge in [0.1, 0.15) is 0 Å². The molecule has 0 spiro atoms. The Balaban J connectivity index is 2.17. The molecule has 0 amide bonds. The standard InChI is InChI=1S/C14H10F3N3S/c15-14(16,17)7-1-3-9-10-4-2-8(19-13(18)21)6-12(10)20-11(9)5-7/h1-6,20H,(H3,18,19,21). The summed E-state index contributed by atoms with van der Waals surface area (Å²) in [5, 5.41) is 4.49. The third-order valence-electron chi connectivity index (χ3n) is 3.19. The van der Waals surface area contributed by atoms with Crippen LogP contribution in [0.1, 0.15) is 5.56 Å². The van der Waals surface area contributed by atoms with Gasteiger partial charge in [-0.2, -0.15) is 13.2 Å². The summed E-state index contributed by atoms with van der Waals surface area (Å²) >= 11 is 4.75. The highest BCUT2D eigenvalue weighted by molar-refractivity contribution is 7.80. The number of H-pyrrole nitrogens is 1. The summed E-state index contributed by atoms with van der Waals surface area (Å²) in [5.74, 6) is 0. The lowest BCUT2D eigenvalue weighted by molar-refractivity contribution is -0.137. The highest BCUT2D eigenvalue weighted by atomic mass is 32.1. The molecule has 0 fully saturated rings. The number of nitrogens with two attached hydrogens (primary N) is 1. The minimum absolute atomic E-state index is 0.129. The SMILES string of the molecule is NC(=S)Nc1ccc2c(c1)[nH]c1cc(C(F)(F)F)ccc12. The fourth-order valence-corrected chi connectivity index (χ4v) is 2.42. The van der Waals surface area contributed by atoms with Gasteiger partial charge in [-0.3, -0.25) is 0 Å². The van der Waals surface area contributed by atoms with Crippen LogP contribution in [0.3, 0.4) is 0 Å². The van der Waals surface area contributed by atoms with Gasteiger partial charge in [0, 0.05) is 27.5 Å². The third-order valence-corrected chi connectivity index (χ3v) is 3.30. The van der Waals surface area contributed by atoms with Gasteiger partial charge in [-0.05, 0) is 36.5 Å². The average Bonchev–Trinajstić information content (AvgIpc) is 2.73. The third kappa shape index (κ3) is 2.52. The number of benzene rings is 2. The maximum absolute atomic E-state index is 12.7. The maximum atomic E-state index is 12.7. The van der Waals surface area contributed by atoms with Crippen molar-refractivity contribution >= 4 is 44.8 Å². The first-order valence-electron chi connectivity index (χ1n) is 6.04. The van der Waals surface area contributed by atoms with E-state index in [1.54, 1.807) is 12.1 Å². The van der Waals surface area contributed by atoms with Crippen molar-refractivity contribution in [2.75, 3.05) is 5.32 Å². The lowest BCUT2D eigenvalue weighted by Crippen LogP contribution is -2.18. The fourth-order valence-electron chi connectivity index (χ4n) is 2.31. The molecule has 0 aliphatic heterocycles. The average molecular weight is 309 g/mol. The van der Waals surface area contributed by atoms with Crippen molar-refractivity contribution < 1.29 is 13.2 Å². The molecular weight excluding hydrogens is 299 g/mol. The predicted molar refractivity (Wildman–Crippen MR) is 81.2 cm³/mol. The molecule has 0 bridgehead atoms. The van der Waals surface area contributed by atoms with Gasteiger partial charge in [0.05, 0.1) is 5.56 Å². The Morgan fingerprint density at radius 3 is 2.29 bits per heavy atom. The molecule has 0 aliphatic carbocycles. The number of fused-ring (bicyclic) bond motifs is 3. The number of halogens is 3. The minimum atomic E-state index is -4.36. The predicted octanol–water partition coefficient (Wildman–Crippen LogP) is 4.00. The van der Waals surface area contributed by atoms with Crippen LogP contribution in [-0.4, -0.2) is 10.1 Å². The molecule has 1 aromatic heterocycles. The van der Waals surface area contributed by atoms with E-state index in [0.29, 0.717) is 16.7 Å². The number of anilines is 1. The van der Waals surface area contributed by atoms with E-state index in [1.807, 2.05) is 6.07 Å². The summed E-state index contributed by atoms with van der Waals surface area (Å²) in [5.41, 5.74) is 6.55. The zero-order valence-electron chi connectivity index (χ0n) is 10.6. The maximum Gasteiger partial charge on any atom is 0.416 e. The van der Waals surface area contributed by atoms with E-state index in [1.165, 1.54) is 6.07 Å². The van der Waals surface area contributed by atoms with E-state index < -0.39 is 11.7 Å². The highest BCUT2D eigenvalue weighted by Gasteiger charge is 2.30. The van der Waals surface area contributed by atoms with Crippen molar-refractivity contribution in [3.63, 3.8) is 0 Å². The first-order valence-corrected chi connectivity index (χ1v) is 6.44. The van der Waals surface area contributed by atoms with Gasteiger partial charge >= 0.3 is 6.18 Å². The molecule has 108 valence electrons. The zero-order chi connectivity index (χ0) is 15.2. The van der Waals surface area contributed by atoms with Crippen LogP contribution >= 0.6 is 12.2 Å². The Kier molecular flexibility index (Phi) is 3.02. The topological polar surface area (TPSA) is 53.8 Å². The van der Waals surface area contributed by atoms with Crippen molar-refractivity contribution in [2.45, 2.75) is 6.18 Å². The number of rotatable bonds is 1. The Hall–Kier alpha value is -2.28. The van der Waals surface area contributed by atoms with Gasteiger partial charge in [-0.15, -0.1) is 0 Å². The molecular formula is C14H10F3N3S. The number of hydrogen-bond donors (Lipinski definition) is 3. The van der Waals surface area contributed by atoms with Crippen molar-refractivity contribution in [1.82, 2.24) is 4.98 Å². The molecule has 21 heavy (non-hydrogen) atoms. The molecule has 0 aliphatic rings. The summed E-state index contributed by atoms with van der Waals surface area (Å²) in [4.78, 5) is 2.98. The van der Waals surface area contributed by atoms with E-state index in [4.69, 9.17) is 18.0 Å². The van der Waals surface area contributed by atoms with Crippen LogP contribution in [0.2, 0.25) is 0 Å². The number of thiocarbonyl (C=S) groups is 1. The second-order valence-electron chi connectivity index (χ2n) is 4.63. The largest absolute Gasteiger partial charge is 0.416 e. The molecule has 0 saturated carbocycles. The van der Waals surface area contributed by atoms with Gasteiger partial charge in [-0.25, -0.2) is 0 Å². The summed E-state index contributed by atoms with van der Waals surface area (Å²) in [6, 6.07) is 8.99. The normalized spacial score (nSPS) is 12.0. The van der Waals surface area contributed by atoms with Crippen molar-refractivity contribution in [3.8, 4) is 0 Å². The van der Waals surface area contributed by atoms with Crippen molar-refractivity contribution in [2.24, 2.45) is 5.73 Å². The minimum Gasteiger partial charge on any atom is -0.376 e. The van der Waals surface area contributed by atoms with Crippen LogP contribution in [0.25, 0.3) is 21.8 Å². The van der Waals surface area contributed by atoms with Crippen LogP contribution in [0, 0.1) is 0 Å². The molecule has 0 unspecified atom stereocenters. The van der Waals surface area contributed by atoms with Crippen molar-refractivity contribution in [1.29, 1.82) is 0 Å². The van der Waals surface area contributed by atoms with Crippen LogP contribution in [-0.2, 0) is 6.18 Å². The number of aromatic nitrogens is 1. The van der Waals surface area contributed by atoms with Crippen LogP contribution in [0.5, 0.6) is 0 Å². The molecule has 4 N–H and O–H groups in total. The molecule has 1 heterocycles. The van der Waals surface area contributed by atoms with E-state index in [9.17, 15) is 13.2 Å². The number of alkyl halides is 3. The molecule has 3 aromatic rings. The summed E-state index contributed by atoms with van der Waals surface area (Å²) in [7, 11) is 0. The van der Waals surface area contributed by atoms with Crippen molar-refractivity contribution in [3.05, 3.63) is 42.0 Å². The van der Waals surface area contributed by atoms with E-state index in [-0.39, 0.29) is 5.11 Å². The Morgan fingerprint density at radius 1 is 1.05 bits per heavy atom. The Bertz CT molecular complexity index is 852. The Morgan fingerprint density at radius 2 is 1.67 bits per heavy atom. The molecule has 0 atom stereocenters. The number of aromatic amines is 1. The van der Waals surface area contributed by atoms with Gasteiger partial charge in [0.25, 0.3) is 0 Å². The van der Waals surface area contributed by atoms with E-state index in [0.717, 1.165) is 22.9 Å². The zero-order valence-corrected chi connectivity index (χ0v) is 11.4. The van der Waals surface area contributed by atoms with E-state index in [2.05, 4.69) is 10.3 Å². The second-order valence-corrected chi connectivity index (χ2v) is 5.07. The van der Waals surface area contributed by atoms with Gasteiger partial charge in [-0.1, -0.05) is 12.1 Å². The van der Waals surface area contributed by atoms with Crippen LogP contribution < -0.4 is 11.1 Å². The lowest BCUT2D eigenvalue weighted by atomic mass is 10.1. The highest BCUT2D eigenvalue weighted by Crippen LogP contribution is 2.34. The van der Waals surface area contributed by atoms with Gasteiger partial charge < -0.3 is 16.0 Å². The monoisotopic (exact) mass is 309 g/mol. The van der Waals surface area contributed by atoms with Crippen LogP contribution in [0.4, 0.5) is 18.9 Å². The first-order chi connectivity index (χ1) is 9.84.